The van der Waals surface area contributed by atoms with Crippen molar-refractivity contribution in [3.63, 3.8) is 0 Å². The number of amides is 4. The molecule has 4 amide bonds. The van der Waals surface area contributed by atoms with Crippen molar-refractivity contribution in [2.45, 2.75) is 232 Å². The highest BCUT2D eigenvalue weighted by atomic mass is 16.6. The number of aromatic nitrogens is 4. The molecule has 0 bridgehead atoms. The Balaban J connectivity index is 1.23. The van der Waals surface area contributed by atoms with Gasteiger partial charge in [-0.15, -0.1) is 0 Å². The van der Waals surface area contributed by atoms with E-state index in [2.05, 4.69) is 10.2 Å². The first-order chi connectivity index (χ1) is 44.5. The Hall–Kier alpha value is -7.46. The third-order valence-electron chi connectivity index (χ3n) is 19.0. The van der Waals surface area contributed by atoms with Crippen molar-refractivity contribution in [1.82, 2.24) is 39.2 Å². The van der Waals surface area contributed by atoms with Gasteiger partial charge in [0.1, 0.15) is 35.4 Å². The Morgan fingerprint density at radius 1 is 0.415 bits per heavy atom. The lowest BCUT2D eigenvalue weighted by atomic mass is 9.97. The summed E-state index contributed by atoms with van der Waals surface area (Å²) in [6.45, 7) is 18.5. The number of likely N-dealkylation sites (N-methyl/N-ethyl adjacent to an activating group) is 4. The highest BCUT2D eigenvalue weighted by molar-refractivity contribution is 5.94. The van der Waals surface area contributed by atoms with Crippen LogP contribution in [0.4, 0.5) is 0 Å². The van der Waals surface area contributed by atoms with Crippen LogP contribution in [0.25, 0.3) is 0 Å². The van der Waals surface area contributed by atoms with Gasteiger partial charge >= 0.3 is 23.9 Å². The van der Waals surface area contributed by atoms with Crippen molar-refractivity contribution in [2.75, 3.05) is 42.4 Å². The van der Waals surface area contributed by atoms with Crippen LogP contribution in [0.15, 0.2) is 73.1 Å². The summed E-state index contributed by atoms with van der Waals surface area (Å²) in [5.41, 5.74) is 4.17. The zero-order valence-electron chi connectivity index (χ0n) is 58.5. The lowest BCUT2D eigenvalue weighted by Crippen LogP contribution is -2.55. The van der Waals surface area contributed by atoms with Gasteiger partial charge in [0.15, 0.2) is 24.4 Å². The molecule has 1 aliphatic heterocycles. The van der Waals surface area contributed by atoms with Crippen LogP contribution in [0.2, 0.25) is 0 Å². The minimum Gasteiger partial charge on any atom is -0.451 e. The Bertz CT molecular complexity index is 2990. The second-order valence-corrected chi connectivity index (χ2v) is 28.0. The molecule has 7 rings (SSSR count). The predicted molar refractivity (Wildman–Crippen MR) is 352 cm³/mol. The zero-order chi connectivity index (χ0) is 68.9. The van der Waals surface area contributed by atoms with E-state index in [0.29, 0.717) is 24.2 Å². The average molecular weight is 1310 g/mol. The minimum absolute atomic E-state index is 0.0734. The molecule has 2 aromatic carbocycles. The highest BCUT2D eigenvalue weighted by Crippen LogP contribution is 2.43. The monoisotopic (exact) mass is 1300 g/mol. The van der Waals surface area contributed by atoms with E-state index in [-0.39, 0.29) is 62.2 Å². The van der Waals surface area contributed by atoms with Crippen molar-refractivity contribution < 1.29 is 66.8 Å². The van der Waals surface area contributed by atoms with Crippen molar-refractivity contribution in [3.05, 3.63) is 107 Å². The average Bonchev–Trinajstić information content (AvgIpc) is 1.62. The number of rotatable bonds is 20. The standard InChI is InChI=1S/C72H104N8O14/c1-45(2)37-55-67(85)91-49(9)63(81)75(11)58(40-48(7)8)70(88)94-60(42-52-23-27-54(28-24-52)44-80-62(30-36-74-80)72(90-16)33-19-20-34-72)66(84)78(14)56(38-46(3)4)68(86)92-50(10)64(82)76(12)57(39-47(5)6)69(87)93-59(65(83)77(55)13)41-51-21-25-53(26-22-51)43-79-61(29-35-73-79)71(89-15)31-17-18-32-71/h21-30,35-36,45-50,55-60H,17-20,31-34,37-44H2,1-16H3/t49-,50-,55+,56?,57+,58+,59-,60-/m1/s1. The maximum absolute atomic E-state index is 15.2. The second kappa shape index (κ2) is 32.8. The van der Waals surface area contributed by atoms with Crippen LogP contribution >= 0.6 is 0 Å². The van der Waals surface area contributed by atoms with Gasteiger partial charge in [-0.25, -0.2) is 19.2 Å². The molecule has 0 radical (unpaired) electrons. The van der Waals surface area contributed by atoms with E-state index in [9.17, 15) is 28.8 Å². The lowest BCUT2D eigenvalue weighted by molar-refractivity contribution is -0.176. The Morgan fingerprint density at radius 3 is 0.957 bits per heavy atom. The Morgan fingerprint density at radius 2 is 0.681 bits per heavy atom. The number of cyclic esters (lactones) is 4. The number of carbonyl (C=O) groups is 8. The largest absolute Gasteiger partial charge is 0.451 e. The number of nitrogens with zero attached hydrogens (tertiary/aromatic N) is 8. The third-order valence-corrected chi connectivity index (χ3v) is 19.0. The van der Waals surface area contributed by atoms with Crippen LogP contribution in [0.5, 0.6) is 0 Å². The van der Waals surface area contributed by atoms with Crippen molar-refractivity contribution >= 4 is 47.5 Å². The zero-order valence-corrected chi connectivity index (χ0v) is 58.5. The first-order valence-corrected chi connectivity index (χ1v) is 33.7. The molecule has 2 saturated carbocycles. The van der Waals surface area contributed by atoms with E-state index in [1.54, 1.807) is 26.6 Å². The number of ether oxygens (including phenoxy) is 6. The molecule has 94 heavy (non-hydrogen) atoms. The summed E-state index contributed by atoms with van der Waals surface area (Å²) < 4.78 is 40.6. The van der Waals surface area contributed by atoms with Gasteiger partial charge < -0.3 is 48.0 Å². The predicted octanol–water partition coefficient (Wildman–Crippen LogP) is 8.99. The fraction of sp³-hybridized carbons (Fsp3) is 0.639. The maximum atomic E-state index is 15.2. The van der Waals surface area contributed by atoms with E-state index in [1.165, 1.54) is 51.8 Å². The maximum Gasteiger partial charge on any atom is 0.329 e. The molecule has 1 saturated heterocycles. The topological polar surface area (TPSA) is 241 Å². The summed E-state index contributed by atoms with van der Waals surface area (Å²) in [5, 5.41) is 9.29. The van der Waals surface area contributed by atoms with Gasteiger partial charge in [0.2, 0.25) is 0 Å². The van der Waals surface area contributed by atoms with E-state index >= 15 is 9.59 Å². The van der Waals surface area contributed by atoms with Gasteiger partial charge in [-0.1, -0.05) is 130 Å². The van der Waals surface area contributed by atoms with E-state index in [4.69, 9.17) is 28.4 Å². The summed E-state index contributed by atoms with van der Waals surface area (Å²) in [6.07, 6.45) is 5.17. The molecular formula is C72H104N8O14. The molecule has 2 aromatic heterocycles. The van der Waals surface area contributed by atoms with Crippen LogP contribution in [-0.4, -0.2) is 178 Å². The number of methoxy groups -OCH3 is 2. The summed E-state index contributed by atoms with van der Waals surface area (Å²) in [4.78, 5) is 124. The first-order valence-electron chi connectivity index (χ1n) is 33.7. The molecule has 22 heteroatoms. The molecule has 0 spiro atoms. The van der Waals surface area contributed by atoms with Crippen molar-refractivity contribution in [1.29, 1.82) is 0 Å². The second-order valence-electron chi connectivity index (χ2n) is 28.0. The molecule has 3 aliphatic rings. The fourth-order valence-corrected chi connectivity index (χ4v) is 13.5. The van der Waals surface area contributed by atoms with Gasteiger partial charge in [-0.05, 0) is 123 Å². The van der Waals surface area contributed by atoms with Gasteiger partial charge in [-0.2, -0.15) is 10.2 Å². The molecule has 22 nitrogen and oxygen atoms in total. The van der Waals surface area contributed by atoms with Gasteiger partial charge in [-0.3, -0.25) is 28.5 Å². The highest BCUT2D eigenvalue weighted by Gasteiger charge is 2.45. The van der Waals surface area contributed by atoms with Gasteiger partial charge in [0.25, 0.3) is 23.6 Å². The number of benzene rings is 2. The van der Waals surface area contributed by atoms with E-state index in [0.717, 1.165) is 83.7 Å². The fourth-order valence-electron chi connectivity index (χ4n) is 13.5. The normalized spacial score (nSPS) is 24.4. The summed E-state index contributed by atoms with van der Waals surface area (Å²) in [6, 6.07) is 13.7. The van der Waals surface area contributed by atoms with Crippen molar-refractivity contribution in [2.24, 2.45) is 23.7 Å². The molecule has 516 valence electrons. The smallest absolute Gasteiger partial charge is 0.329 e. The van der Waals surface area contributed by atoms with Crippen LogP contribution in [-0.2, 0) is 104 Å². The van der Waals surface area contributed by atoms with Crippen LogP contribution < -0.4 is 0 Å². The van der Waals surface area contributed by atoms with Gasteiger partial charge in [0, 0.05) is 67.6 Å². The third kappa shape index (κ3) is 18.1. The van der Waals surface area contributed by atoms with Crippen LogP contribution in [0, 0.1) is 23.7 Å². The quantitative estimate of drug-likeness (QED) is 0.0592. The first kappa shape index (κ1) is 73.9. The van der Waals surface area contributed by atoms with Crippen LogP contribution in [0.3, 0.4) is 0 Å². The summed E-state index contributed by atoms with van der Waals surface area (Å²) in [7, 11) is 9.08. The molecule has 8 atom stereocenters. The summed E-state index contributed by atoms with van der Waals surface area (Å²) in [5.74, 6) is -7.51. The number of carbonyl (C=O) groups excluding carboxylic acids is 8. The molecule has 4 aromatic rings. The van der Waals surface area contributed by atoms with Gasteiger partial charge in [0.05, 0.1) is 24.5 Å². The minimum atomic E-state index is -1.56. The Labute approximate surface area is 556 Å². The number of esters is 4. The van der Waals surface area contributed by atoms with Crippen molar-refractivity contribution in [3.8, 4) is 0 Å². The van der Waals surface area contributed by atoms with Crippen LogP contribution in [0.1, 0.15) is 180 Å². The SMILES string of the molecule is COC1(c2ccnn2Cc2ccc(C[C@H]3OC(=O)[C@H](CC(C)C)N(C)C(=O)[C@@H](C)OC(=O)[C@H](CC(C)C)N(C)C(=O)[C@@H](Cc4ccc(Cn5nccc5C5(OC)CCCC5)cc4)OC(=O)[C@H](CC(C)C)N(C)C(=O)[C@@H](C)OC(=O)C(CC(C)C)N(C)C3=O)cc2)CCCC1. The molecular weight excluding hydrogens is 1200 g/mol. The Kier molecular flexibility index (Phi) is 25.8. The molecule has 3 heterocycles. The number of hydrogen-bond donors (Lipinski definition) is 0. The summed E-state index contributed by atoms with van der Waals surface area (Å²) >= 11 is 0. The molecule has 0 N–H and O–H groups in total. The van der Waals surface area contributed by atoms with E-state index in [1.807, 2.05) is 125 Å². The molecule has 1 unspecified atom stereocenters. The molecule has 3 fully saturated rings. The number of hydrogen-bond acceptors (Lipinski definition) is 16. The lowest BCUT2D eigenvalue weighted by Gasteiger charge is -2.35. The van der Waals surface area contributed by atoms with E-state index < -0.39 is 107 Å². The molecule has 2 aliphatic carbocycles.